The van der Waals surface area contributed by atoms with Crippen molar-refractivity contribution in [1.82, 2.24) is 0 Å². The largest absolute Gasteiger partial charge is 0.502 e. The van der Waals surface area contributed by atoms with Crippen molar-refractivity contribution in [2.24, 2.45) is 17.3 Å². The average molecular weight is 505 g/mol. The minimum atomic E-state index is -0.714. The first-order valence-corrected chi connectivity index (χ1v) is 13.7. The summed E-state index contributed by atoms with van der Waals surface area (Å²) in [6.45, 7) is 16.1. The molecule has 4 heteroatoms. The van der Waals surface area contributed by atoms with Gasteiger partial charge >= 0.3 is 0 Å². The Bertz CT molecular complexity index is 1110. The molecule has 0 spiro atoms. The van der Waals surface area contributed by atoms with Crippen molar-refractivity contribution in [3.8, 4) is 23.0 Å². The van der Waals surface area contributed by atoms with E-state index in [-0.39, 0.29) is 23.0 Å². The Balaban J connectivity index is 1.66. The van der Waals surface area contributed by atoms with Gasteiger partial charge in [-0.05, 0) is 119 Å². The number of allylic oxidation sites excluding steroid dienone is 2. The van der Waals surface area contributed by atoms with Gasteiger partial charge in [-0.1, -0.05) is 31.2 Å². The van der Waals surface area contributed by atoms with Gasteiger partial charge in [-0.25, -0.2) is 0 Å². The van der Waals surface area contributed by atoms with E-state index in [2.05, 4.69) is 27.0 Å². The molecular weight excluding hydrogens is 460 g/mol. The van der Waals surface area contributed by atoms with Crippen molar-refractivity contribution in [2.75, 3.05) is 0 Å². The highest BCUT2D eigenvalue weighted by molar-refractivity contribution is 5.55. The Morgan fingerprint density at radius 3 is 2.27 bits per heavy atom. The quantitative estimate of drug-likeness (QED) is 0.338. The maximum Gasteiger partial charge on any atom is 0.201 e. The van der Waals surface area contributed by atoms with E-state index < -0.39 is 11.2 Å². The monoisotopic (exact) mass is 504 g/mol. The second-order valence-corrected chi connectivity index (χ2v) is 12.3. The third kappa shape index (κ3) is 5.90. The fraction of sp³-hybridized carbons (Fsp3) is 0.515. The summed E-state index contributed by atoms with van der Waals surface area (Å²) in [6, 6.07) is 11.6. The van der Waals surface area contributed by atoms with E-state index in [1.54, 1.807) is 0 Å². The zero-order valence-corrected chi connectivity index (χ0v) is 23.1. The van der Waals surface area contributed by atoms with Crippen LogP contribution in [0.1, 0.15) is 77.3 Å². The van der Waals surface area contributed by atoms with Crippen LogP contribution >= 0.6 is 0 Å². The molecule has 0 radical (unpaired) electrons. The van der Waals surface area contributed by atoms with Crippen LogP contribution in [0.15, 0.2) is 61.7 Å². The van der Waals surface area contributed by atoms with Crippen LogP contribution in [-0.4, -0.2) is 21.4 Å². The highest BCUT2D eigenvalue weighted by Crippen LogP contribution is 2.58. The predicted molar refractivity (Wildman–Crippen MR) is 151 cm³/mol. The number of phenolic OH excluding ortho intramolecular Hbond substituents is 1. The molecular formula is C33H44O4. The van der Waals surface area contributed by atoms with Crippen molar-refractivity contribution in [2.45, 2.75) is 90.3 Å². The first-order valence-electron chi connectivity index (χ1n) is 13.7. The molecule has 4 unspecified atom stereocenters. The van der Waals surface area contributed by atoms with Gasteiger partial charge in [0.25, 0.3) is 0 Å². The first kappa shape index (κ1) is 27.3. The zero-order valence-electron chi connectivity index (χ0n) is 23.1. The number of rotatable bonds is 9. The van der Waals surface area contributed by atoms with E-state index >= 15 is 0 Å². The SMILES string of the molecule is C=CCc1ccc(Oc2cc(CC=C)cc(OC3(C)CCCC4(C)CCC(C(C)(C)O)CC43)c2O)cc1. The van der Waals surface area contributed by atoms with E-state index in [0.29, 0.717) is 23.7 Å². The number of hydrogen-bond acceptors (Lipinski definition) is 4. The average Bonchev–Trinajstić information content (AvgIpc) is 2.82. The molecule has 2 aromatic rings. The Labute approximate surface area is 223 Å². The first-order chi connectivity index (χ1) is 17.5. The lowest BCUT2D eigenvalue weighted by molar-refractivity contribution is -0.131. The maximum atomic E-state index is 11.3. The smallest absolute Gasteiger partial charge is 0.201 e. The maximum absolute atomic E-state index is 11.3. The number of hydrogen-bond donors (Lipinski definition) is 2. The molecule has 2 aliphatic rings. The Kier molecular flexibility index (Phi) is 7.80. The third-order valence-corrected chi connectivity index (χ3v) is 8.94. The van der Waals surface area contributed by atoms with Crippen molar-refractivity contribution < 1.29 is 19.7 Å². The predicted octanol–water partition coefficient (Wildman–Crippen LogP) is 8.16. The number of aromatic hydroxyl groups is 1. The van der Waals surface area contributed by atoms with Crippen molar-refractivity contribution in [3.63, 3.8) is 0 Å². The molecule has 2 aliphatic carbocycles. The van der Waals surface area contributed by atoms with Crippen LogP contribution in [0.3, 0.4) is 0 Å². The molecule has 0 saturated heterocycles. The summed E-state index contributed by atoms with van der Waals surface area (Å²) < 4.78 is 13.0. The summed E-state index contributed by atoms with van der Waals surface area (Å²) in [5, 5.41) is 22.2. The van der Waals surface area contributed by atoms with Crippen molar-refractivity contribution in [3.05, 3.63) is 72.8 Å². The van der Waals surface area contributed by atoms with Crippen LogP contribution < -0.4 is 9.47 Å². The van der Waals surface area contributed by atoms with Crippen LogP contribution in [0.2, 0.25) is 0 Å². The molecule has 37 heavy (non-hydrogen) atoms. The third-order valence-electron chi connectivity index (χ3n) is 8.94. The highest BCUT2D eigenvalue weighted by atomic mass is 16.5. The lowest BCUT2D eigenvalue weighted by Crippen LogP contribution is -2.56. The molecule has 0 aromatic heterocycles. The van der Waals surface area contributed by atoms with Crippen molar-refractivity contribution >= 4 is 0 Å². The number of aliphatic hydroxyl groups is 1. The second-order valence-electron chi connectivity index (χ2n) is 12.3. The van der Waals surface area contributed by atoms with Gasteiger partial charge in [0.05, 0.1) is 5.60 Å². The summed E-state index contributed by atoms with van der Waals surface area (Å²) >= 11 is 0. The molecule has 4 atom stereocenters. The summed E-state index contributed by atoms with van der Waals surface area (Å²) in [4.78, 5) is 0. The van der Waals surface area contributed by atoms with Gasteiger partial charge in [-0.2, -0.15) is 0 Å². The van der Waals surface area contributed by atoms with Gasteiger partial charge in [0.2, 0.25) is 5.75 Å². The Morgan fingerprint density at radius 1 is 0.973 bits per heavy atom. The van der Waals surface area contributed by atoms with Gasteiger partial charge in [0.15, 0.2) is 11.5 Å². The summed E-state index contributed by atoms with van der Waals surface area (Å²) in [6.07, 6.45) is 11.4. The summed E-state index contributed by atoms with van der Waals surface area (Å²) in [5.74, 6) is 2.02. The number of benzene rings is 2. The fourth-order valence-electron chi connectivity index (χ4n) is 6.75. The molecule has 0 bridgehead atoms. The van der Waals surface area contributed by atoms with Crippen LogP contribution in [-0.2, 0) is 12.8 Å². The molecule has 2 fully saturated rings. The Hall–Kier alpha value is -2.72. The summed E-state index contributed by atoms with van der Waals surface area (Å²) in [5.41, 5.74) is 1.12. The lowest BCUT2D eigenvalue weighted by atomic mass is 9.52. The van der Waals surface area contributed by atoms with E-state index in [4.69, 9.17) is 9.47 Å². The molecule has 2 saturated carbocycles. The molecule has 0 heterocycles. The van der Waals surface area contributed by atoms with E-state index in [1.807, 2.05) is 62.4 Å². The zero-order chi connectivity index (χ0) is 26.8. The number of fused-ring (bicyclic) bond motifs is 1. The second kappa shape index (κ2) is 10.6. The lowest BCUT2D eigenvalue weighted by Gasteiger charge is -2.57. The minimum absolute atomic E-state index is 0.0197. The molecule has 4 rings (SSSR count). The van der Waals surface area contributed by atoms with Crippen LogP contribution in [0, 0.1) is 17.3 Å². The summed E-state index contributed by atoms with van der Waals surface area (Å²) in [7, 11) is 0. The topological polar surface area (TPSA) is 58.9 Å². The molecule has 2 N–H and O–H groups in total. The van der Waals surface area contributed by atoms with Crippen LogP contribution in [0.5, 0.6) is 23.0 Å². The van der Waals surface area contributed by atoms with E-state index in [9.17, 15) is 10.2 Å². The van der Waals surface area contributed by atoms with Gasteiger partial charge < -0.3 is 19.7 Å². The van der Waals surface area contributed by atoms with Gasteiger partial charge in [-0.15, -0.1) is 13.2 Å². The van der Waals surface area contributed by atoms with Crippen molar-refractivity contribution in [1.29, 1.82) is 0 Å². The fourth-order valence-corrected chi connectivity index (χ4v) is 6.75. The molecule has 2 aromatic carbocycles. The molecule has 4 nitrogen and oxygen atoms in total. The van der Waals surface area contributed by atoms with Gasteiger partial charge in [-0.3, -0.25) is 0 Å². The number of ether oxygens (including phenoxy) is 2. The number of phenols is 1. The van der Waals surface area contributed by atoms with Crippen LogP contribution in [0.4, 0.5) is 0 Å². The van der Waals surface area contributed by atoms with Gasteiger partial charge in [0, 0.05) is 5.92 Å². The molecule has 0 aliphatic heterocycles. The van der Waals surface area contributed by atoms with Crippen LogP contribution in [0.25, 0.3) is 0 Å². The molecule has 200 valence electrons. The Morgan fingerprint density at radius 2 is 1.62 bits per heavy atom. The standard InChI is InChI=1S/C33H44O4/c1-7-10-23-12-14-26(15-13-23)36-27-20-24(11-8-2)21-28(30(27)34)37-33(6)18-9-17-32(5)19-16-25(22-29(32)33)31(3,4)35/h7-8,12-15,20-21,25,29,34-35H,1-2,9-11,16-19,22H2,3-6H3. The van der Waals surface area contributed by atoms with E-state index in [1.165, 1.54) is 6.42 Å². The van der Waals surface area contributed by atoms with Gasteiger partial charge in [0.1, 0.15) is 11.4 Å². The molecule has 0 amide bonds. The highest BCUT2D eigenvalue weighted by Gasteiger charge is 2.54. The van der Waals surface area contributed by atoms with E-state index in [0.717, 1.165) is 49.7 Å². The normalized spacial score (nSPS) is 27.7. The minimum Gasteiger partial charge on any atom is -0.502 e.